The maximum absolute atomic E-state index is 12.9. The van der Waals surface area contributed by atoms with Gasteiger partial charge in [-0.2, -0.15) is 5.26 Å². The van der Waals surface area contributed by atoms with E-state index in [0.29, 0.717) is 6.54 Å². The van der Waals surface area contributed by atoms with Crippen LogP contribution in [0.4, 0.5) is 4.39 Å². The zero-order chi connectivity index (χ0) is 9.31. The predicted molar refractivity (Wildman–Crippen MR) is 47.5 cm³/mol. The number of hydrogen-bond acceptors (Lipinski definition) is 2. The highest BCUT2D eigenvalue weighted by molar-refractivity contribution is 5.12. The van der Waals surface area contributed by atoms with Crippen LogP contribution in [0.3, 0.4) is 0 Å². The standard InChI is InChI=1S/C10H13FN2/c11-9-2-1-5-13(6-9)8-10(7-12)3-4-10/h2H,1,3-6,8H2. The Bertz CT molecular complexity index is 273. The first-order valence-electron chi connectivity index (χ1n) is 4.72. The van der Waals surface area contributed by atoms with Crippen LogP contribution in [0.5, 0.6) is 0 Å². The molecule has 0 radical (unpaired) electrons. The van der Waals surface area contributed by atoms with Crippen LogP contribution in [0.1, 0.15) is 19.3 Å². The van der Waals surface area contributed by atoms with E-state index in [-0.39, 0.29) is 11.2 Å². The second-order valence-corrected chi connectivity index (χ2v) is 4.04. The highest BCUT2D eigenvalue weighted by atomic mass is 19.1. The van der Waals surface area contributed by atoms with Crippen molar-refractivity contribution in [2.75, 3.05) is 19.6 Å². The fraction of sp³-hybridized carbons (Fsp3) is 0.700. The number of nitriles is 1. The summed E-state index contributed by atoms with van der Waals surface area (Å²) < 4.78 is 12.9. The highest BCUT2D eigenvalue weighted by Gasteiger charge is 2.44. The molecule has 1 aliphatic heterocycles. The van der Waals surface area contributed by atoms with Gasteiger partial charge in [-0.1, -0.05) is 6.08 Å². The van der Waals surface area contributed by atoms with Crippen LogP contribution in [-0.2, 0) is 0 Å². The average Bonchev–Trinajstić information content (AvgIpc) is 2.86. The maximum Gasteiger partial charge on any atom is 0.110 e. The summed E-state index contributed by atoms with van der Waals surface area (Å²) in [5, 5.41) is 8.87. The molecule has 3 heteroatoms. The van der Waals surface area contributed by atoms with E-state index in [4.69, 9.17) is 5.26 Å². The molecular formula is C10H13FN2. The zero-order valence-corrected chi connectivity index (χ0v) is 7.59. The van der Waals surface area contributed by atoms with Crippen molar-refractivity contribution in [3.8, 4) is 6.07 Å². The summed E-state index contributed by atoms with van der Waals surface area (Å²) in [5.41, 5.74) is -0.127. The second-order valence-electron chi connectivity index (χ2n) is 4.04. The molecule has 0 N–H and O–H groups in total. The minimum absolute atomic E-state index is 0.0417. The Morgan fingerprint density at radius 1 is 1.62 bits per heavy atom. The van der Waals surface area contributed by atoms with E-state index in [2.05, 4.69) is 6.07 Å². The summed E-state index contributed by atoms with van der Waals surface area (Å²) >= 11 is 0. The van der Waals surface area contributed by atoms with Crippen LogP contribution in [-0.4, -0.2) is 24.5 Å². The lowest BCUT2D eigenvalue weighted by Crippen LogP contribution is -2.34. The quantitative estimate of drug-likeness (QED) is 0.648. The molecule has 2 nitrogen and oxygen atoms in total. The molecule has 2 aliphatic rings. The minimum Gasteiger partial charge on any atom is -0.295 e. The molecule has 0 saturated heterocycles. The van der Waals surface area contributed by atoms with Crippen LogP contribution in [0.2, 0.25) is 0 Å². The lowest BCUT2D eigenvalue weighted by molar-refractivity contribution is 0.238. The van der Waals surface area contributed by atoms with Gasteiger partial charge in [-0.25, -0.2) is 4.39 Å². The highest BCUT2D eigenvalue weighted by Crippen LogP contribution is 2.45. The molecule has 1 heterocycles. The second kappa shape index (κ2) is 3.12. The molecular weight excluding hydrogens is 167 g/mol. The van der Waals surface area contributed by atoms with Gasteiger partial charge >= 0.3 is 0 Å². The van der Waals surface area contributed by atoms with Crippen molar-refractivity contribution in [3.63, 3.8) is 0 Å². The molecule has 0 unspecified atom stereocenters. The van der Waals surface area contributed by atoms with Crippen molar-refractivity contribution in [3.05, 3.63) is 11.9 Å². The van der Waals surface area contributed by atoms with Gasteiger partial charge in [0.2, 0.25) is 0 Å². The maximum atomic E-state index is 12.9. The van der Waals surface area contributed by atoms with Gasteiger partial charge in [-0.3, -0.25) is 4.90 Å². The van der Waals surface area contributed by atoms with Crippen molar-refractivity contribution >= 4 is 0 Å². The molecule has 1 fully saturated rings. The van der Waals surface area contributed by atoms with Crippen molar-refractivity contribution in [1.82, 2.24) is 4.90 Å². The molecule has 0 aromatic carbocycles. The monoisotopic (exact) mass is 180 g/mol. The van der Waals surface area contributed by atoms with Crippen LogP contribution in [0.25, 0.3) is 0 Å². The first-order chi connectivity index (χ1) is 6.24. The van der Waals surface area contributed by atoms with E-state index in [0.717, 1.165) is 32.4 Å². The average molecular weight is 180 g/mol. The van der Waals surface area contributed by atoms with E-state index in [9.17, 15) is 4.39 Å². The lowest BCUT2D eigenvalue weighted by Gasteiger charge is -2.25. The van der Waals surface area contributed by atoms with Gasteiger partial charge in [-0.15, -0.1) is 0 Å². The third-order valence-electron chi connectivity index (χ3n) is 2.80. The van der Waals surface area contributed by atoms with E-state index >= 15 is 0 Å². The van der Waals surface area contributed by atoms with Crippen LogP contribution < -0.4 is 0 Å². The molecule has 0 atom stereocenters. The molecule has 0 spiro atoms. The van der Waals surface area contributed by atoms with Crippen LogP contribution in [0, 0.1) is 16.7 Å². The van der Waals surface area contributed by atoms with E-state index in [1.165, 1.54) is 0 Å². The van der Waals surface area contributed by atoms with Crippen molar-refractivity contribution in [1.29, 1.82) is 5.26 Å². The van der Waals surface area contributed by atoms with E-state index in [1.54, 1.807) is 6.08 Å². The molecule has 13 heavy (non-hydrogen) atoms. The summed E-state index contributed by atoms with van der Waals surface area (Å²) in [6, 6.07) is 2.33. The molecule has 2 rings (SSSR count). The Labute approximate surface area is 77.6 Å². The van der Waals surface area contributed by atoms with Gasteiger partial charge in [0.15, 0.2) is 0 Å². The topological polar surface area (TPSA) is 27.0 Å². The van der Waals surface area contributed by atoms with Crippen molar-refractivity contribution < 1.29 is 4.39 Å². The number of hydrogen-bond donors (Lipinski definition) is 0. The largest absolute Gasteiger partial charge is 0.295 e. The van der Waals surface area contributed by atoms with Gasteiger partial charge in [0.1, 0.15) is 5.83 Å². The van der Waals surface area contributed by atoms with Gasteiger partial charge < -0.3 is 0 Å². The Morgan fingerprint density at radius 2 is 2.38 bits per heavy atom. The third kappa shape index (κ3) is 1.89. The molecule has 0 bridgehead atoms. The van der Waals surface area contributed by atoms with Gasteiger partial charge in [0.25, 0.3) is 0 Å². The SMILES string of the molecule is N#CC1(CN2CCC=C(F)C2)CC1. The van der Waals surface area contributed by atoms with Crippen molar-refractivity contribution in [2.24, 2.45) is 5.41 Å². The molecule has 0 aromatic rings. The van der Waals surface area contributed by atoms with Crippen LogP contribution in [0.15, 0.2) is 11.9 Å². The minimum atomic E-state index is -0.127. The Balaban J connectivity index is 1.90. The Kier molecular flexibility index (Phi) is 2.09. The predicted octanol–water partition coefficient (Wildman–Crippen LogP) is 1.85. The lowest BCUT2D eigenvalue weighted by atomic mass is 10.1. The van der Waals surface area contributed by atoms with Crippen LogP contribution >= 0.6 is 0 Å². The third-order valence-corrected chi connectivity index (χ3v) is 2.80. The summed E-state index contributed by atoms with van der Waals surface area (Å²) in [6.45, 7) is 2.06. The molecule has 0 aromatic heterocycles. The first kappa shape index (κ1) is 8.71. The molecule has 1 aliphatic carbocycles. The summed E-state index contributed by atoms with van der Waals surface area (Å²) in [7, 11) is 0. The molecule has 0 amide bonds. The van der Waals surface area contributed by atoms with E-state index < -0.39 is 0 Å². The van der Waals surface area contributed by atoms with Gasteiger partial charge in [0.05, 0.1) is 11.5 Å². The fourth-order valence-corrected chi connectivity index (χ4v) is 1.78. The first-order valence-corrected chi connectivity index (χ1v) is 4.72. The summed E-state index contributed by atoms with van der Waals surface area (Å²) in [6.07, 6.45) is 4.41. The Morgan fingerprint density at radius 3 is 2.92 bits per heavy atom. The number of rotatable bonds is 2. The molecule has 1 saturated carbocycles. The zero-order valence-electron chi connectivity index (χ0n) is 7.59. The van der Waals surface area contributed by atoms with Gasteiger partial charge in [-0.05, 0) is 19.3 Å². The Hall–Kier alpha value is -0.880. The summed E-state index contributed by atoms with van der Waals surface area (Å²) in [4.78, 5) is 2.05. The number of halogens is 1. The fourth-order valence-electron chi connectivity index (χ4n) is 1.78. The smallest absolute Gasteiger partial charge is 0.110 e. The number of nitrogens with zero attached hydrogens (tertiary/aromatic N) is 2. The van der Waals surface area contributed by atoms with Crippen molar-refractivity contribution in [2.45, 2.75) is 19.3 Å². The van der Waals surface area contributed by atoms with E-state index in [1.807, 2.05) is 4.90 Å². The normalized spacial score (nSPS) is 26.3. The summed E-state index contributed by atoms with van der Waals surface area (Å²) in [5.74, 6) is -0.0417. The van der Waals surface area contributed by atoms with Gasteiger partial charge in [0, 0.05) is 19.6 Å². The molecule has 70 valence electrons.